The van der Waals surface area contributed by atoms with Crippen molar-refractivity contribution in [2.75, 3.05) is 0 Å². The van der Waals surface area contributed by atoms with Crippen molar-refractivity contribution < 1.29 is 9.90 Å². The highest BCUT2D eigenvalue weighted by atomic mass is 16.4. The van der Waals surface area contributed by atoms with Gasteiger partial charge in [-0.2, -0.15) is 5.10 Å². The van der Waals surface area contributed by atoms with Gasteiger partial charge in [0.15, 0.2) is 5.65 Å². The monoisotopic (exact) mass is 273 g/mol. The van der Waals surface area contributed by atoms with Crippen molar-refractivity contribution in [1.29, 1.82) is 0 Å². The third-order valence-corrected chi connectivity index (χ3v) is 4.35. The number of hydrogen-bond donors (Lipinski definition) is 1. The second-order valence-electron chi connectivity index (χ2n) is 5.78. The summed E-state index contributed by atoms with van der Waals surface area (Å²) in [6, 6.07) is 0.365. The molecule has 1 aliphatic rings. The fraction of sp³-hybridized carbons (Fsp3) is 0.533. The third-order valence-electron chi connectivity index (χ3n) is 4.35. The predicted octanol–water partition coefficient (Wildman–Crippen LogP) is 2.65. The Morgan fingerprint density at radius 2 is 2.20 bits per heavy atom. The second kappa shape index (κ2) is 4.58. The minimum Gasteiger partial charge on any atom is -0.481 e. The molecule has 2 aromatic heterocycles. The number of hydrogen-bond acceptors (Lipinski definition) is 3. The minimum atomic E-state index is -0.823. The number of rotatable bonds is 4. The molecule has 2 heterocycles. The Hall–Kier alpha value is -1.91. The fourth-order valence-electron chi connectivity index (χ4n) is 2.88. The largest absolute Gasteiger partial charge is 0.481 e. The van der Waals surface area contributed by atoms with E-state index in [2.05, 4.69) is 17.0 Å². The van der Waals surface area contributed by atoms with Crippen LogP contribution >= 0.6 is 0 Å². The van der Waals surface area contributed by atoms with Gasteiger partial charge in [0.1, 0.15) is 0 Å². The van der Waals surface area contributed by atoms with Gasteiger partial charge in [-0.1, -0.05) is 0 Å². The first-order valence-electron chi connectivity index (χ1n) is 7.04. The lowest BCUT2D eigenvalue weighted by Gasteiger charge is -2.13. The highest BCUT2D eigenvalue weighted by Gasteiger charge is 2.31. The van der Waals surface area contributed by atoms with Gasteiger partial charge in [-0.15, -0.1) is 0 Å². The first kappa shape index (κ1) is 13.1. The summed E-state index contributed by atoms with van der Waals surface area (Å²) in [4.78, 5) is 15.6. The van der Waals surface area contributed by atoms with Crippen LogP contribution < -0.4 is 0 Å². The molecule has 5 heteroatoms. The van der Waals surface area contributed by atoms with Crippen molar-refractivity contribution in [2.24, 2.45) is 5.92 Å². The maximum absolute atomic E-state index is 11.0. The molecule has 1 N–H and O–H groups in total. The summed E-state index contributed by atoms with van der Waals surface area (Å²) in [5.41, 5.74) is 3.48. The summed E-state index contributed by atoms with van der Waals surface area (Å²) in [5.74, 6) is -0.115. The van der Waals surface area contributed by atoms with E-state index < -0.39 is 5.97 Å². The maximum Gasteiger partial charge on any atom is 0.307 e. The lowest BCUT2D eigenvalue weighted by Crippen LogP contribution is -2.11. The summed E-state index contributed by atoms with van der Waals surface area (Å²) in [7, 11) is 0. The van der Waals surface area contributed by atoms with Gasteiger partial charge in [-0.05, 0) is 50.7 Å². The molecule has 1 fully saturated rings. The predicted molar refractivity (Wildman–Crippen MR) is 75.8 cm³/mol. The molecule has 0 amide bonds. The molecular weight excluding hydrogens is 254 g/mol. The average molecular weight is 273 g/mol. The Bertz CT molecular complexity index is 686. The Balaban J connectivity index is 2.13. The fourth-order valence-corrected chi connectivity index (χ4v) is 2.88. The van der Waals surface area contributed by atoms with Crippen molar-refractivity contribution in [3.63, 3.8) is 0 Å². The zero-order chi connectivity index (χ0) is 14.4. The molecule has 0 spiro atoms. The number of carboxylic acids is 1. The molecular formula is C15H19N3O2. The highest BCUT2D eigenvalue weighted by Crippen LogP contribution is 2.40. The van der Waals surface area contributed by atoms with Gasteiger partial charge in [0.25, 0.3) is 0 Å². The Kier molecular flexibility index (Phi) is 3.00. The number of carboxylic acid groups (broad SMARTS) is 1. The van der Waals surface area contributed by atoms with Crippen LogP contribution in [0, 0.1) is 19.8 Å². The topological polar surface area (TPSA) is 68.0 Å². The zero-order valence-electron chi connectivity index (χ0n) is 12.1. The first-order valence-corrected chi connectivity index (χ1v) is 7.04. The van der Waals surface area contributed by atoms with Crippen molar-refractivity contribution in [1.82, 2.24) is 14.8 Å². The molecule has 0 aliphatic heterocycles. The SMILES string of the molecule is Cc1nc2c(cnn2C(C)C2CC2)c(C)c1CC(=O)O. The number of nitrogens with zero attached hydrogens (tertiary/aromatic N) is 3. The Morgan fingerprint density at radius 3 is 2.80 bits per heavy atom. The van der Waals surface area contributed by atoms with Crippen LogP contribution in [0.25, 0.3) is 11.0 Å². The van der Waals surface area contributed by atoms with Gasteiger partial charge in [0.2, 0.25) is 0 Å². The van der Waals surface area contributed by atoms with E-state index in [1.54, 1.807) is 0 Å². The maximum atomic E-state index is 11.0. The molecule has 1 unspecified atom stereocenters. The van der Waals surface area contributed by atoms with E-state index in [-0.39, 0.29) is 6.42 Å². The molecule has 5 nitrogen and oxygen atoms in total. The summed E-state index contributed by atoms with van der Waals surface area (Å²) in [5, 5.41) is 14.5. The van der Waals surface area contributed by atoms with Gasteiger partial charge < -0.3 is 5.11 Å². The van der Waals surface area contributed by atoms with Crippen LogP contribution in [0.1, 0.15) is 42.6 Å². The van der Waals surface area contributed by atoms with Gasteiger partial charge in [0, 0.05) is 11.1 Å². The van der Waals surface area contributed by atoms with Crippen molar-refractivity contribution in [3.05, 3.63) is 23.0 Å². The van der Waals surface area contributed by atoms with Gasteiger partial charge in [-0.25, -0.2) is 9.67 Å². The van der Waals surface area contributed by atoms with Gasteiger partial charge >= 0.3 is 5.97 Å². The molecule has 1 saturated carbocycles. The van der Waals surface area contributed by atoms with Crippen LogP contribution in [0.3, 0.4) is 0 Å². The van der Waals surface area contributed by atoms with E-state index in [1.807, 2.05) is 24.7 Å². The van der Waals surface area contributed by atoms with E-state index >= 15 is 0 Å². The van der Waals surface area contributed by atoms with Crippen molar-refractivity contribution in [3.8, 4) is 0 Å². The minimum absolute atomic E-state index is 0.0178. The molecule has 0 aromatic carbocycles. The van der Waals surface area contributed by atoms with E-state index in [1.165, 1.54) is 12.8 Å². The number of fused-ring (bicyclic) bond motifs is 1. The smallest absolute Gasteiger partial charge is 0.307 e. The number of aromatic nitrogens is 3. The zero-order valence-corrected chi connectivity index (χ0v) is 12.1. The molecule has 3 rings (SSSR count). The van der Waals surface area contributed by atoms with Gasteiger partial charge in [-0.3, -0.25) is 4.79 Å². The molecule has 2 aromatic rings. The summed E-state index contributed by atoms with van der Waals surface area (Å²) in [6.07, 6.45) is 4.36. The molecule has 106 valence electrons. The van der Waals surface area contributed by atoms with Crippen LogP contribution in [0.4, 0.5) is 0 Å². The Labute approximate surface area is 117 Å². The summed E-state index contributed by atoms with van der Waals surface area (Å²) in [6.45, 7) is 6.02. The van der Waals surface area contributed by atoms with Crippen molar-refractivity contribution >= 4 is 17.0 Å². The Morgan fingerprint density at radius 1 is 1.50 bits per heavy atom. The van der Waals surface area contributed by atoms with E-state index in [9.17, 15) is 4.79 Å². The van der Waals surface area contributed by atoms with Crippen LogP contribution in [-0.2, 0) is 11.2 Å². The first-order chi connectivity index (χ1) is 9.49. The van der Waals surface area contributed by atoms with Crippen LogP contribution in [0.2, 0.25) is 0 Å². The normalized spacial score (nSPS) is 16.6. The van der Waals surface area contributed by atoms with Crippen LogP contribution in [-0.4, -0.2) is 25.8 Å². The standard InChI is InChI=1S/C15H19N3O2/c1-8-12(6-14(19)20)9(2)17-15-13(8)7-16-18(15)10(3)11-4-5-11/h7,10-11H,4-6H2,1-3H3,(H,19,20). The van der Waals surface area contributed by atoms with Gasteiger partial charge in [0.05, 0.1) is 18.7 Å². The number of carbonyl (C=O) groups is 1. The molecule has 20 heavy (non-hydrogen) atoms. The molecule has 1 aliphatic carbocycles. The number of aryl methyl sites for hydroxylation is 2. The summed E-state index contributed by atoms with van der Waals surface area (Å²) >= 11 is 0. The quantitative estimate of drug-likeness (QED) is 0.929. The van der Waals surface area contributed by atoms with Crippen molar-refractivity contribution in [2.45, 2.75) is 46.1 Å². The third kappa shape index (κ3) is 2.07. The van der Waals surface area contributed by atoms with E-state index in [4.69, 9.17) is 5.11 Å². The van der Waals surface area contributed by atoms with E-state index in [0.29, 0.717) is 12.0 Å². The van der Waals surface area contributed by atoms with Crippen LogP contribution in [0.5, 0.6) is 0 Å². The lowest BCUT2D eigenvalue weighted by molar-refractivity contribution is -0.136. The molecule has 0 saturated heterocycles. The highest BCUT2D eigenvalue weighted by molar-refractivity contribution is 5.82. The van der Waals surface area contributed by atoms with E-state index in [0.717, 1.165) is 27.9 Å². The molecule has 0 bridgehead atoms. The average Bonchev–Trinajstić information content (AvgIpc) is 3.14. The number of pyridine rings is 1. The second-order valence-corrected chi connectivity index (χ2v) is 5.78. The lowest BCUT2D eigenvalue weighted by atomic mass is 10.0. The number of aliphatic carboxylic acids is 1. The molecule has 0 radical (unpaired) electrons. The summed E-state index contributed by atoms with van der Waals surface area (Å²) < 4.78 is 2.00. The van der Waals surface area contributed by atoms with Crippen LogP contribution in [0.15, 0.2) is 6.20 Å². The molecule has 1 atom stereocenters.